The molecule has 1 aromatic rings. The van der Waals surface area contributed by atoms with Crippen LogP contribution in [-0.4, -0.2) is 65.8 Å². The standard InChI is InChI=1S/C26H45N5O2/c1-25(2,3)23-28-21(20-11-10-12-20)19-22(29-23)31-17-15-30(16-18-31)14-9-7-8-13-27-24(32)33-26(4,5)6/h19-20H,7-18H2,1-6H3,(H,27,32). The van der Waals surface area contributed by atoms with Gasteiger partial charge < -0.3 is 15.0 Å². The molecule has 1 saturated carbocycles. The summed E-state index contributed by atoms with van der Waals surface area (Å²) in [6, 6.07) is 2.26. The first-order valence-electron chi connectivity index (χ1n) is 12.8. The van der Waals surface area contributed by atoms with Gasteiger partial charge in [0.15, 0.2) is 0 Å². The average Bonchev–Trinajstić information content (AvgIpc) is 2.67. The number of aromatic nitrogens is 2. The highest BCUT2D eigenvalue weighted by Crippen LogP contribution is 2.37. The first-order valence-corrected chi connectivity index (χ1v) is 12.8. The Morgan fingerprint density at radius 1 is 1.03 bits per heavy atom. The van der Waals surface area contributed by atoms with Crippen molar-refractivity contribution in [3.8, 4) is 0 Å². The van der Waals surface area contributed by atoms with Gasteiger partial charge in [-0.05, 0) is 53.0 Å². The molecule has 0 radical (unpaired) electrons. The average molecular weight is 460 g/mol. The van der Waals surface area contributed by atoms with Crippen LogP contribution in [0.1, 0.15) is 97.5 Å². The van der Waals surface area contributed by atoms with E-state index in [4.69, 9.17) is 14.7 Å². The van der Waals surface area contributed by atoms with Gasteiger partial charge in [-0.15, -0.1) is 0 Å². The Hall–Kier alpha value is -1.89. The number of rotatable bonds is 8. The van der Waals surface area contributed by atoms with E-state index in [-0.39, 0.29) is 11.5 Å². The Kier molecular flexibility index (Phi) is 8.59. The third-order valence-corrected chi connectivity index (χ3v) is 6.44. The molecule has 1 aliphatic carbocycles. The van der Waals surface area contributed by atoms with E-state index in [1.54, 1.807) is 0 Å². The van der Waals surface area contributed by atoms with Crippen molar-refractivity contribution in [1.82, 2.24) is 20.2 Å². The Morgan fingerprint density at radius 3 is 2.30 bits per heavy atom. The predicted octanol–water partition coefficient (Wildman–Crippen LogP) is 4.86. The van der Waals surface area contributed by atoms with E-state index in [0.717, 1.165) is 63.6 Å². The maximum Gasteiger partial charge on any atom is 0.407 e. The van der Waals surface area contributed by atoms with Crippen LogP contribution >= 0.6 is 0 Å². The van der Waals surface area contributed by atoms with Crippen LogP contribution in [0.25, 0.3) is 0 Å². The minimum atomic E-state index is -0.439. The number of alkyl carbamates (subject to hydrolysis) is 1. The summed E-state index contributed by atoms with van der Waals surface area (Å²) in [4.78, 5) is 26.6. The van der Waals surface area contributed by atoms with Gasteiger partial charge in [0.2, 0.25) is 0 Å². The summed E-state index contributed by atoms with van der Waals surface area (Å²) < 4.78 is 5.27. The Morgan fingerprint density at radius 2 is 1.73 bits per heavy atom. The number of piperazine rings is 1. The summed E-state index contributed by atoms with van der Waals surface area (Å²) in [5.41, 5.74) is 0.776. The summed E-state index contributed by atoms with van der Waals surface area (Å²) >= 11 is 0. The molecule has 1 amide bonds. The lowest BCUT2D eigenvalue weighted by atomic mass is 9.82. The monoisotopic (exact) mass is 459 g/mol. The zero-order valence-corrected chi connectivity index (χ0v) is 21.7. The van der Waals surface area contributed by atoms with Crippen molar-refractivity contribution >= 4 is 11.9 Å². The summed E-state index contributed by atoms with van der Waals surface area (Å²) in [6.45, 7) is 18.2. The molecule has 2 heterocycles. The van der Waals surface area contributed by atoms with Gasteiger partial charge in [0.25, 0.3) is 0 Å². The molecule has 1 saturated heterocycles. The number of carbonyl (C=O) groups is 1. The summed E-state index contributed by atoms with van der Waals surface area (Å²) in [5.74, 6) is 2.72. The fraction of sp³-hybridized carbons (Fsp3) is 0.808. The zero-order chi connectivity index (χ0) is 24.1. The molecule has 1 N–H and O–H groups in total. The van der Waals surface area contributed by atoms with Gasteiger partial charge in [0, 0.05) is 55.8 Å². The second-order valence-corrected chi connectivity index (χ2v) is 11.7. The van der Waals surface area contributed by atoms with E-state index >= 15 is 0 Å². The van der Waals surface area contributed by atoms with Crippen LogP contribution in [-0.2, 0) is 10.2 Å². The molecule has 0 unspecified atom stereocenters. The third kappa shape index (κ3) is 8.13. The van der Waals surface area contributed by atoms with Gasteiger partial charge in [0.05, 0.1) is 0 Å². The van der Waals surface area contributed by atoms with Crippen molar-refractivity contribution in [3.05, 3.63) is 17.6 Å². The van der Waals surface area contributed by atoms with Gasteiger partial charge in [0.1, 0.15) is 17.2 Å². The number of amides is 1. The maximum atomic E-state index is 11.7. The van der Waals surface area contributed by atoms with Crippen LogP contribution in [0.15, 0.2) is 6.07 Å². The molecule has 7 nitrogen and oxygen atoms in total. The Labute approximate surface area is 200 Å². The van der Waals surface area contributed by atoms with Crippen LogP contribution < -0.4 is 10.2 Å². The molecule has 186 valence electrons. The molecule has 1 aromatic heterocycles. The van der Waals surface area contributed by atoms with E-state index in [1.807, 2.05) is 20.8 Å². The van der Waals surface area contributed by atoms with Crippen LogP contribution in [0.2, 0.25) is 0 Å². The summed E-state index contributed by atoms with van der Waals surface area (Å²) in [6.07, 6.45) is 6.79. The number of unbranched alkanes of at least 4 members (excludes halogenated alkanes) is 2. The van der Waals surface area contributed by atoms with E-state index in [1.165, 1.54) is 25.0 Å². The number of ether oxygens (including phenoxy) is 1. The van der Waals surface area contributed by atoms with E-state index in [9.17, 15) is 4.79 Å². The fourth-order valence-corrected chi connectivity index (χ4v) is 4.21. The van der Waals surface area contributed by atoms with Crippen molar-refractivity contribution in [2.24, 2.45) is 0 Å². The molecule has 0 atom stereocenters. The molecule has 2 aliphatic rings. The number of nitrogens with zero attached hydrogens (tertiary/aromatic N) is 4. The quantitative estimate of drug-likeness (QED) is 0.560. The second-order valence-electron chi connectivity index (χ2n) is 11.7. The first kappa shape index (κ1) is 25.7. The van der Waals surface area contributed by atoms with Crippen LogP contribution in [0.3, 0.4) is 0 Å². The number of carbonyl (C=O) groups excluding carboxylic acids is 1. The number of hydrogen-bond donors (Lipinski definition) is 1. The van der Waals surface area contributed by atoms with Gasteiger partial charge in [-0.25, -0.2) is 14.8 Å². The highest BCUT2D eigenvalue weighted by atomic mass is 16.6. The fourth-order valence-electron chi connectivity index (χ4n) is 4.21. The second kappa shape index (κ2) is 11.0. The van der Waals surface area contributed by atoms with Gasteiger partial charge in [-0.1, -0.05) is 33.6 Å². The SMILES string of the molecule is CC(C)(C)OC(=O)NCCCCCN1CCN(c2cc(C3CCC3)nc(C(C)(C)C)n2)CC1. The number of anilines is 1. The smallest absolute Gasteiger partial charge is 0.407 e. The normalized spacial score (nSPS) is 18.2. The Balaban J connectivity index is 1.40. The van der Waals surface area contributed by atoms with Crippen molar-refractivity contribution in [2.75, 3.05) is 44.2 Å². The van der Waals surface area contributed by atoms with Crippen LogP contribution in [0, 0.1) is 0 Å². The van der Waals surface area contributed by atoms with Gasteiger partial charge in [-0.3, -0.25) is 4.90 Å². The first-order chi connectivity index (χ1) is 15.5. The molecule has 7 heteroatoms. The minimum absolute atomic E-state index is 0.0331. The lowest BCUT2D eigenvalue weighted by Gasteiger charge is -2.36. The molecular formula is C26H45N5O2. The van der Waals surface area contributed by atoms with E-state index < -0.39 is 5.60 Å². The maximum absolute atomic E-state index is 11.7. The van der Waals surface area contributed by atoms with Crippen molar-refractivity contribution in [3.63, 3.8) is 0 Å². The molecule has 2 fully saturated rings. The summed E-state index contributed by atoms with van der Waals surface area (Å²) in [5, 5.41) is 2.84. The molecule has 0 spiro atoms. The number of nitrogens with one attached hydrogen (secondary N) is 1. The van der Waals surface area contributed by atoms with E-state index in [0.29, 0.717) is 12.5 Å². The Bertz CT molecular complexity index is 772. The molecular weight excluding hydrogens is 414 g/mol. The highest BCUT2D eigenvalue weighted by Gasteiger charge is 2.27. The predicted molar refractivity (Wildman–Crippen MR) is 134 cm³/mol. The largest absolute Gasteiger partial charge is 0.444 e. The molecule has 3 rings (SSSR count). The third-order valence-electron chi connectivity index (χ3n) is 6.44. The topological polar surface area (TPSA) is 70.6 Å². The van der Waals surface area contributed by atoms with E-state index in [2.05, 4.69) is 42.0 Å². The lowest BCUT2D eigenvalue weighted by molar-refractivity contribution is 0.0527. The molecule has 0 bridgehead atoms. The summed E-state index contributed by atoms with van der Waals surface area (Å²) in [7, 11) is 0. The van der Waals surface area contributed by atoms with Crippen molar-refractivity contribution in [1.29, 1.82) is 0 Å². The molecule has 1 aliphatic heterocycles. The molecule has 33 heavy (non-hydrogen) atoms. The van der Waals surface area contributed by atoms with Crippen molar-refractivity contribution < 1.29 is 9.53 Å². The number of hydrogen-bond acceptors (Lipinski definition) is 6. The lowest BCUT2D eigenvalue weighted by Crippen LogP contribution is -2.47. The zero-order valence-electron chi connectivity index (χ0n) is 21.7. The van der Waals surface area contributed by atoms with Crippen molar-refractivity contribution in [2.45, 2.75) is 97.0 Å². The highest BCUT2D eigenvalue weighted by molar-refractivity contribution is 5.67. The van der Waals surface area contributed by atoms with Crippen LogP contribution in [0.4, 0.5) is 10.6 Å². The van der Waals surface area contributed by atoms with Gasteiger partial charge in [-0.2, -0.15) is 0 Å². The minimum Gasteiger partial charge on any atom is -0.444 e. The molecule has 0 aromatic carbocycles. The van der Waals surface area contributed by atoms with Gasteiger partial charge >= 0.3 is 6.09 Å². The van der Waals surface area contributed by atoms with Crippen LogP contribution in [0.5, 0.6) is 0 Å².